The SMILES string of the molecule is N=C(N)c1cccc(C=CCN(c2ccc(OC3CCN4CCCC4C3)c(Cl)c2)S(=O)(=O)CC(=O)O)c1. The van der Waals surface area contributed by atoms with Crippen LogP contribution in [0, 0.1) is 5.41 Å². The van der Waals surface area contributed by atoms with Crippen molar-refractivity contribution in [2.45, 2.75) is 37.8 Å². The molecule has 4 N–H and O–H groups in total. The van der Waals surface area contributed by atoms with Gasteiger partial charge in [-0.2, -0.15) is 0 Å². The van der Waals surface area contributed by atoms with E-state index in [1.54, 1.807) is 48.6 Å². The average Bonchev–Trinajstić information content (AvgIpc) is 3.30. The third kappa shape index (κ3) is 6.82. The highest BCUT2D eigenvalue weighted by Crippen LogP contribution is 2.34. The van der Waals surface area contributed by atoms with E-state index in [0.717, 1.165) is 35.8 Å². The van der Waals surface area contributed by atoms with E-state index in [1.165, 1.54) is 18.9 Å². The monoisotopic (exact) mass is 546 g/mol. The molecule has 9 nitrogen and oxygen atoms in total. The molecule has 2 unspecified atom stereocenters. The number of anilines is 1. The number of hydrogen-bond acceptors (Lipinski definition) is 6. The second-order valence-electron chi connectivity index (χ2n) is 9.33. The number of fused-ring (bicyclic) bond motifs is 1. The quantitative estimate of drug-likeness (QED) is 0.306. The van der Waals surface area contributed by atoms with Gasteiger partial charge in [-0.15, -0.1) is 0 Å². The number of carbonyl (C=O) groups is 1. The summed E-state index contributed by atoms with van der Waals surface area (Å²) in [5.41, 5.74) is 7.04. The van der Waals surface area contributed by atoms with E-state index < -0.39 is 21.7 Å². The van der Waals surface area contributed by atoms with Gasteiger partial charge in [-0.3, -0.25) is 14.5 Å². The lowest BCUT2D eigenvalue weighted by Crippen LogP contribution is -2.42. The molecule has 0 aliphatic carbocycles. The highest BCUT2D eigenvalue weighted by Gasteiger charge is 2.33. The molecule has 2 heterocycles. The van der Waals surface area contributed by atoms with Crippen LogP contribution in [0.2, 0.25) is 5.02 Å². The Morgan fingerprint density at radius 3 is 2.78 bits per heavy atom. The molecule has 37 heavy (non-hydrogen) atoms. The number of carboxylic acid groups (broad SMARTS) is 1. The highest BCUT2D eigenvalue weighted by atomic mass is 35.5. The zero-order valence-electron chi connectivity index (χ0n) is 20.3. The zero-order valence-corrected chi connectivity index (χ0v) is 21.9. The van der Waals surface area contributed by atoms with Crippen molar-refractivity contribution in [3.8, 4) is 5.75 Å². The second-order valence-corrected chi connectivity index (χ2v) is 11.6. The van der Waals surface area contributed by atoms with Crippen LogP contribution in [-0.4, -0.2) is 67.8 Å². The number of aliphatic carboxylic acids is 1. The van der Waals surface area contributed by atoms with E-state index in [2.05, 4.69) is 4.90 Å². The number of nitrogens with zero attached hydrogens (tertiary/aromatic N) is 2. The van der Waals surface area contributed by atoms with Gasteiger partial charge in [0.2, 0.25) is 10.0 Å². The third-order valence-electron chi connectivity index (χ3n) is 6.69. The Balaban J connectivity index is 1.52. The number of rotatable bonds is 10. The number of sulfonamides is 1. The van der Waals surface area contributed by atoms with Crippen molar-refractivity contribution in [3.63, 3.8) is 0 Å². The molecule has 2 aliphatic heterocycles. The fourth-order valence-electron chi connectivity index (χ4n) is 4.92. The van der Waals surface area contributed by atoms with E-state index in [-0.39, 0.29) is 29.2 Å². The van der Waals surface area contributed by atoms with Gasteiger partial charge < -0.3 is 20.5 Å². The summed E-state index contributed by atoms with van der Waals surface area (Å²) in [4.78, 5) is 13.8. The molecule has 2 aliphatic rings. The third-order valence-corrected chi connectivity index (χ3v) is 8.63. The largest absolute Gasteiger partial charge is 0.489 e. The Morgan fingerprint density at radius 1 is 1.24 bits per heavy atom. The molecular weight excluding hydrogens is 516 g/mol. The van der Waals surface area contributed by atoms with Gasteiger partial charge >= 0.3 is 5.97 Å². The maximum Gasteiger partial charge on any atom is 0.320 e. The van der Waals surface area contributed by atoms with Crippen molar-refractivity contribution in [1.29, 1.82) is 5.41 Å². The summed E-state index contributed by atoms with van der Waals surface area (Å²) in [7, 11) is -4.19. The Kier molecular flexibility index (Phi) is 8.41. The minimum Gasteiger partial charge on any atom is -0.489 e. The summed E-state index contributed by atoms with van der Waals surface area (Å²) in [6, 6.07) is 12.2. The number of nitrogens with two attached hydrogens (primary N) is 1. The van der Waals surface area contributed by atoms with Crippen LogP contribution < -0.4 is 14.8 Å². The lowest BCUT2D eigenvalue weighted by molar-refractivity contribution is -0.134. The predicted octanol–water partition coefficient (Wildman–Crippen LogP) is 3.56. The molecule has 0 amide bonds. The molecule has 0 radical (unpaired) electrons. The lowest BCUT2D eigenvalue weighted by Gasteiger charge is -2.35. The van der Waals surface area contributed by atoms with Crippen molar-refractivity contribution >= 4 is 45.2 Å². The van der Waals surface area contributed by atoms with Gasteiger partial charge in [-0.05, 0) is 62.1 Å². The van der Waals surface area contributed by atoms with Gasteiger partial charge in [0.1, 0.15) is 17.7 Å². The molecule has 0 spiro atoms. The Bertz CT molecular complexity index is 1300. The number of amidine groups is 1. The van der Waals surface area contributed by atoms with Gasteiger partial charge in [0.25, 0.3) is 0 Å². The van der Waals surface area contributed by atoms with Crippen LogP contribution in [0.25, 0.3) is 6.08 Å². The number of carboxylic acids is 1. The lowest BCUT2D eigenvalue weighted by atomic mass is 10.00. The molecular formula is C26H31ClN4O5S. The summed E-state index contributed by atoms with van der Waals surface area (Å²) in [6.07, 6.45) is 7.56. The summed E-state index contributed by atoms with van der Waals surface area (Å²) in [5, 5.41) is 17.0. The topological polar surface area (TPSA) is 137 Å². The van der Waals surface area contributed by atoms with Crippen LogP contribution in [0.3, 0.4) is 0 Å². The fraction of sp³-hybridized carbons (Fsp3) is 0.385. The summed E-state index contributed by atoms with van der Waals surface area (Å²) >= 11 is 6.51. The van der Waals surface area contributed by atoms with Crippen LogP contribution in [0.1, 0.15) is 36.8 Å². The van der Waals surface area contributed by atoms with Crippen LogP contribution >= 0.6 is 11.6 Å². The maximum atomic E-state index is 12.9. The molecule has 11 heteroatoms. The van der Waals surface area contributed by atoms with Crippen molar-refractivity contribution in [2.24, 2.45) is 5.73 Å². The van der Waals surface area contributed by atoms with Gasteiger partial charge in [0, 0.05) is 18.2 Å². The maximum absolute atomic E-state index is 12.9. The molecule has 4 rings (SSSR count). The molecule has 0 aromatic heterocycles. The average molecular weight is 547 g/mol. The first-order valence-corrected chi connectivity index (χ1v) is 14.1. The van der Waals surface area contributed by atoms with E-state index in [1.807, 2.05) is 0 Å². The molecule has 2 saturated heterocycles. The predicted molar refractivity (Wildman–Crippen MR) is 145 cm³/mol. The standard InChI is InChI=1S/C26H31ClN4O5S/c27-23-16-21(8-9-24(23)36-22-10-13-30-11-3-7-20(30)15-22)31(37(34,35)17-25(32)33)12-2-5-18-4-1-6-19(14-18)26(28)29/h1-2,4-6,8-9,14,16,20,22H,3,7,10-13,15,17H2,(H3,28,29)(H,32,33). The van der Waals surface area contributed by atoms with Crippen molar-refractivity contribution in [3.05, 3.63) is 64.7 Å². The molecule has 198 valence electrons. The number of hydrogen-bond donors (Lipinski definition) is 3. The highest BCUT2D eigenvalue weighted by molar-refractivity contribution is 7.93. The normalized spacial score (nSPS) is 20.0. The van der Waals surface area contributed by atoms with E-state index in [0.29, 0.717) is 17.4 Å². The van der Waals surface area contributed by atoms with E-state index in [4.69, 9.17) is 27.5 Å². The summed E-state index contributed by atoms with van der Waals surface area (Å²) in [6.45, 7) is 2.02. The van der Waals surface area contributed by atoms with Crippen molar-refractivity contribution in [2.75, 3.05) is 29.7 Å². The molecule has 0 saturated carbocycles. The van der Waals surface area contributed by atoms with Gasteiger partial charge in [0.05, 0.1) is 17.3 Å². The smallest absolute Gasteiger partial charge is 0.320 e. The van der Waals surface area contributed by atoms with Crippen molar-refractivity contribution in [1.82, 2.24) is 4.90 Å². The van der Waals surface area contributed by atoms with E-state index >= 15 is 0 Å². The zero-order chi connectivity index (χ0) is 26.6. The Hall–Kier alpha value is -3.08. The van der Waals surface area contributed by atoms with Crippen LogP contribution in [-0.2, 0) is 14.8 Å². The Morgan fingerprint density at radius 2 is 2.05 bits per heavy atom. The van der Waals surface area contributed by atoms with Gasteiger partial charge in [-0.25, -0.2) is 8.42 Å². The summed E-state index contributed by atoms with van der Waals surface area (Å²) < 4.78 is 33.1. The number of nitrogen functional groups attached to an aromatic ring is 1. The van der Waals surface area contributed by atoms with Crippen molar-refractivity contribution < 1.29 is 23.1 Å². The first-order chi connectivity index (χ1) is 17.6. The second kappa shape index (κ2) is 11.5. The molecule has 2 atom stereocenters. The first-order valence-electron chi connectivity index (χ1n) is 12.2. The van der Waals surface area contributed by atoms with Crippen LogP contribution in [0.5, 0.6) is 5.75 Å². The van der Waals surface area contributed by atoms with Gasteiger partial charge in [0.15, 0.2) is 5.75 Å². The minimum atomic E-state index is -4.19. The number of nitrogens with one attached hydrogen (secondary N) is 1. The first kappa shape index (κ1) is 27.0. The van der Waals surface area contributed by atoms with E-state index in [9.17, 15) is 18.3 Å². The van der Waals surface area contributed by atoms with Crippen LogP contribution in [0.15, 0.2) is 48.5 Å². The fourth-order valence-corrected chi connectivity index (χ4v) is 6.36. The molecule has 0 bridgehead atoms. The number of piperidine rings is 1. The number of benzene rings is 2. The number of ether oxygens (including phenoxy) is 1. The van der Waals surface area contributed by atoms with Gasteiger partial charge in [-0.1, -0.05) is 42.0 Å². The summed E-state index contributed by atoms with van der Waals surface area (Å²) in [5.74, 6) is -2.11. The minimum absolute atomic E-state index is 0.0447. The molecule has 2 aromatic rings. The molecule has 2 fully saturated rings. The number of halogens is 1. The Labute approximate surface area is 222 Å². The van der Waals surface area contributed by atoms with Crippen LogP contribution in [0.4, 0.5) is 5.69 Å². The molecule has 2 aromatic carbocycles.